The van der Waals surface area contributed by atoms with E-state index in [4.69, 9.17) is 14.9 Å². The molecule has 0 spiro atoms. The molecule has 25 heavy (non-hydrogen) atoms. The van der Waals surface area contributed by atoms with Gasteiger partial charge in [0, 0.05) is 12.3 Å². The highest BCUT2D eigenvalue weighted by molar-refractivity contribution is 5.62. The molecule has 1 rings (SSSR count). The van der Waals surface area contributed by atoms with Crippen LogP contribution < -0.4 is 0 Å². The zero-order valence-electron chi connectivity index (χ0n) is 15.9. The maximum absolute atomic E-state index is 11.8. The van der Waals surface area contributed by atoms with Gasteiger partial charge < -0.3 is 14.9 Å². The minimum absolute atomic E-state index is 0.0669. The van der Waals surface area contributed by atoms with Gasteiger partial charge in [0.1, 0.15) is 12.4 Å². The van der Waals surface area contributed by atoms with Crippen molar-refractivity contribution in [2.45, 2.75) is 60.0 Å². The Balaban J connectivity index is 2.46. The van der Waals surface area contributed by atoms with Crippen molar-refractivity contribution in [1.29, 1.82) is 5.41 Å². The summed E-state index contributed by atoms with van der Waals surface area (Å²) in [5, 5.41) is 7.05. The van der Waals surface area contributed by atoms with Crippen LogP contribution in [-0.2, 0) is 22.5 Å². The SMILES string of the molecule is CCC(C)CCc1ccc(COC(=O)O/C(=C/CC=N)C(C)C)cc1. The van der Waals surface area contributed by atoms with Gasteiger partial charge in [-0.05, 0) is 42.2 Å². The predicted octanol–water partition coefficient (Wildman–Crippen LogP) is 5.90. The highest BCUT2D eigenvalue weighted by Gasteiger charge is 2.12. The largest absolute Gasteiger partial charge is 0.513 e. The monoisotopic (exact) mass is 345 g/mol. The molecule has 1 aromatic carbocycles. The topological polar surface area (TPSA) is 59.4 Å². The molecule has 1 aromatic rings. The Labute approximate surface area is 151 Å². The van der Waals surface area contributed by atoms with E-state index in [9.17, 15) is 4.79 Å². The summed E-state index contributed by atoms with van der Waals surface area (Å²) < 4.78 is 10.4. The first-order valence-electron chi connectivity index (χ1n) is 9.07. The second kappa shape index (κ2) is 11.5. The molecule has 0 bridgehead atoms. The van der Waals surface area contributed by atoms with E-state index in [-0.39, 0.29) is 12.5 Å². The Bertz CT molecular complexity index is 561. The fourth-order valence-electron chi connectivity index (χ4n) is 2.26. The summed E-state index contributed by atoms with van der Waals surface area (Å²) in [6.07, 6.45) is 6.21. The minimum Gasteiger partial charge on any atom is -0.429 e. The van der Waals surface area contributed by atoms with Gasteiger partial charge in [0.15, 0.2) is 0 Å². The van der Waals surface area contributed by atoms with E-state index in [0.29, 0.717) is 12.2 Å². The van der Waals surface area contributed by atoms with Crippen LogP contribution in [0.15, 0.2) is 36.1 Å². The molecule has 0 aliphatic heterocycles. The molecule has 4 heteroatoms. The number of carbonyl (C=O) groups is 1. The molecule has 0 radical (unpaired) electrons. The molecule has 0 fully saturated rings. The number of benzene rings is 1. The van der Waals surface area contributed by atoms with E-state index < -0.39 is 6.16 Å². The lowest BCUT2D eigenvalue weighted by atomic mass is 9.98. The molecule has 4 nitrogen and oxygen atoms in total. The Kier molecular flexibility index (Phi) is 9.60. The summed E-state index contributed by atoms with van der Waals surface area (Å²) in [6, 6.07) is 8.17. The molecule has 0 saturated heterocycles. The van der Waals surface area contributed by atoms with Crippen LogP contribution in [-0.4, -0.2) is 12.4 Å². The normalized spacial score (nSPS) is 12.8. The van der Waals surface area contributed by atoms with Crippen LogP contribution in [0.4, 0.5) is 4.79 Å². The molecule has 1 N–H and O–H groups in total. The summed E-state index contributed by atoms with van der Waals surface area (Å²) in [4.78, 5) is 11.8. The molecular weight excluding hydrogens is 314 g/mol. The highest BCUT2D eigenvalue weighted by Crippen LogP contribution is 2.15. The van der Waals surface area contributed by atoms with Gasteiger partial charge in [-0.15, -0.1) is 0 Å². The van der Waals surface area contributed by atoms with Gasteiger partial charge in [-0.3, -0.25) is 0 Å². The molecule has 0 amide bonds. The van der Waals surface area contributed by atoms with E-state index in [1.54, 1.807) is 6.08 Å². The zero-order chi connectivity index (χ0) is 18.7. The minimum atomic E-state index is -0.703. The maximum atomic E-state index is 11.8. The van der Waals surface area contributed by atoms with Crippen LogP contribution in [0.25, 0.3) is 0 Å². The molecular formula is C21H31NO3. The average Bonchev–Trinajstić information content (AvgIpc) is 2.61. The lowest BCUT2D eigenvalue weighted by Crippen LogP contribution is -2.10. The van der Waals surface area contributed by atoms with Gasteiger partial charge >= 0.3 is 6.16 Å². The lowest BCUT2D eigenvalue weighted by Gasteiger charge is -2.12. The number of hydrogen-bond acceptors (Lipinski definition) is 4. The number of nitrogens with one attached hydrogen (secondary N) is 1. The molecule has 1 atom stereocenters. The van der Waals surface area contributed by atoms with E-state index in [1.807, 2.05) is 26.0 Å². The molecule has 1 unspecified atom stereocenters. The first-order chi connectivity index (χ1) is 12.0. The highest BCUT2D eigenvalue weighted by atomic mass is 16.7. The summed E-state index contributed by atoms with van der Waals surface area (Å²) in [5.41, 5.74) is 2.25. The van der Waals surface area contributed by atoms with Crippen molar-refractivity contribution in [2.24, 2.45) is 11.8 Å². The molecule has 138 valence electrons. The third-order valence-electron chi connectivity index (χ3n) is 4.21. The van der Waals surface area contributed by atoms with Crippen molar-refractivity contribution in [3.05, 3.63) is 47.2 Å². The molecule has 0 aliphatic rings. The summed E-state index contributed by atoms with van der Waals surface area (Å²) in [5.74, 6) is 1.35. The standard InChI is InChI=1S/C21H31NO3/c1-5-17(4)8-9-18-10-12-19(13-11-18)15-24-21(23)25-20(16(2)3)7-6-14-22/h7,10-14,16-17,22H,5-6,8-9,15H2,1-4H3/b20-7+,22-14?. The van der Waals surface area contributed by atoms with Gasteiger partial charge in [0.2, 0.25) is 0 Å². The maximum Gasteiger partial charge on any atom is 0.513 e. The fraction of sp³-hybridized carbons (Fsp3) is 0.524. The van der Waals surface area contributed by atoms with E-state index in [2.05, 4.69) is 26.0 Å². The summed E-state index contributed by atoms with van der Waals surface area (Å²) >= 11 is 0. The smallest absolute Gasteiger partial charge is 0.429 e. The second-order valence-electron chi connectivity index (χ2n) is 6.71. The van der Waals surface area contributed by atoms with Gasteiger partial charge in [0.05, 0.1) is 0 Å². The number of ether oxygens (including phenoxy) is 2. The van der Waals surface area contributed by atoms with Gasteiger partial charge in [0.25, 0.3) is 0 Å². The quantitative estimate of drug-likeness (QED) is 0.326. The van der Waals surface area contributed by atoms with Crippen molar-refractivity contribution in [2.75, 3.05) is 0 Å². The summed E-state index contributed by atoms with van der Waals surface area (Å²) in [6.45, 7) is 8.55. The Morgan fingerprint density at radius 1 is 1.16 bits per heavy atom. The number of carbonyl (C=O) groups excluding carboxylic acids is 1. The van der Waals surface area contributed by atoms with Crippen LogP contribution in [0.3, 0.4) is 0 Å². The molecule has 0 heterocycles. The first-order valence-corrected chi connectivity index (χ1v) is 9.07. The van der Waals surface area contributed by atoms with Gasteiger partial charge in [-0.2, -0.15) is 0 Å². The molecule has 0 aromatic heterocycles. The van der Waals surface area contributed by atoms with Crippen LogP contribution in [0.5, 0.6) is 0 Å². The fourth-order valence-corrected chi connectivity index (χ4v) is 2.26. The van der Waals surface area contributed by atoms with Crippen LogP contribution in [0.1, 0.15) is 58.1 Å². The summed E-state index contributed by atoms with van der Waals surface area (Å²) in [7, 11) is 0. The molecule has 0 aliphatic carbocycles. The lowest BCUT2D eigenvalue weighted by molar-refractivity contribution is 0.0656. The Morgan fingerprint density at radius 3 is 2.36 bits per heavy atom. The van der Waals surface area contributed by atoms with Gasteiger partial charge in [-0.1, -0.05) is 58.4 Å². The van der Waals surface area contributed by atoms with E-state index in [1.165, 1.54) is 24.6 Å². The van der Waals surface area contributed by atoms with Crippen molar-refractivity contribution in [3.8, 4) is 0 Å². The first kappa shape index (κ1) is 20.9. The molecule has 0 saturated carbocycles. The predicted molar refractivity (Wildman–Crippen MR) is 102 cm³/mol. The second-order valence-corrected chi connectivity index (χ2v) is 6.71. The van der Waals surface area contributed by atoms with E-state index >= 15 is 0 Å². The van der Waals surface area contributed by atoms with E-state index in [0.717, 1.165) is 17.9 Å². The van der Waals surface area contributed by atoms with Gasteiger partial charge in [-0.25, -0.2) is 4.79 Å². The van der Waals surface area contributed by atoms with Crippen molar-refractivity contribution >= 4 is 12.4 Å². The average molecular weight is 345 g/mol. The van der Waals surface area contributed by atoms with Crippen LogP contribution in [0.2, 0.25) is 0 Å². The van der Waals surface area contributed by atoms with Crippen LogP contribution >= 0.6 is 0 Å². The third kappa shape index (κ3) is 8.52. The zero-order valence-corrected chi connectivity index (χ0v) is 15.9. The van der Waals surface area contributed by atoms with Crippen molar-refractivity contribution < 1.29 is 14.3 Å². The Morgan fingerprint density at radius 2 is 1.80 bits per heavy atom. The number of rotatable bonds is 10. The third-order valence-corrected chi connectivity index (χ3v) is 4.21. The van der Waals surface area contributed by atoms with Crippen LogP contribution in [0, 0.1) is 17.2 Å². The number of hydrogen-bond donors (Lipinski definition) is 1. The van der Waals surface area contributed by atoms with Crippen molar-refractivity contribution in [1.82, 2.24) is 0 Å². The Hall–Kier alpha value is -2.10. The van der Waals surface area contributed by atoms with Crippen molar-refractivity contribution in [3.63, 3.8) is 0 Å². The number of aryl methyl sites for hydroxylation is 1. The number of allylic oxidation sites excluding steroid dienone is 2.